The minimum absolute atomic E-state index is 0.168. The number of halogens is 1. The van der Waals surface area contributed by atoms with Gasteiger partial charge in [0.05, 0.1) is 16.8 Å². The molecule has 92 valence electrons. The van der Waals surface area contributed by atoms with Crippen molar-refractivity contribution >= 4 is 11.6 Å². The number of rotatable bonds is 3. The first-order chi connectivity index (χ1) is 8.33. The fourth-order valence-corrected chi connectivity index (χ4v) is 2.64. The van der Waals surface area contributed by atoms with Crippen LogP contribution in [0.2, 0.25) is 5.02 Å². The molecular weight excluding hydrogens is 232 g/mol. The topological polar surface area (TPSA) is 24.9 Å². The smallest absolute Gasteiger partial charge is 0.0800 e. The van der Waals surface area contributed by atoms with Crippen LogP contribution in [0.4, 0.5) is 0 Å². The minimum Gasteiger partial charge on any atom is -0.308 e. The third kappa shape index (κ3) is 3.08. The zero-order valence-electron chi connectivity index (χ0n) is 10.2. The number of likely N-dealkylation sites (N-methyl/N-ethyl adjacent to an activating group) is 1. The highest BCUT2D eigenvalue weighted by Crippen LogP contribution is 2.31. The molecule has 0 saturated heterocycles. The lowest BCUT2D eigenvalue weighted by molar-refractivity contribution is 0.615. The molecule has 1 aromatic rings. The van der Waals surface area contributed by atoms with Gasteiger partial charge in [-0.3, -0.25) is 4.98 Å². The zero-order chi connectivity index (χ0) is 12.1. The van der Waals surface area contributed by atoms with Gasteiger partial charge in [-0.1, -0.05) is 29.7 Å². The van der Waals surface area contributed by atoms with E-state index < -0.39 is 0 Å². The minimum atomic E-state index is 0.168. The molecule has 2 nitrogen and oxygen atoms in total. The van der Waals surface area contributed by atoms with Crippen LogP contribution in [0.3, 0.4) is 0 Å². The Bertz CT molecular complexity index is 401. The quantitative estimate of drug-likeness (QED) is 0.824. The van der Waals surface area contributed by atoms with Gasteiger partial charge in [0.1, 0.15) is 0 Å². The van der Waals surface area contributed by atoms with Crippen LogP contribution >= 0.6 is 11.6 Å². The Hall–Kier alpha value is -0.860. The normalized spacial score (nSPS) is 18.4. The number of pyridine rings is 1. The summed E-state index contributed by atoms with van der Waals surface area (Å²) in [6.07, 6.45) is 10.4. The molecule has 0 aromatic carbocycles. The van der Waals surface area contributed by atoms with Crippen molar-refractivity contribution in [3.63, 3.8) is 0 Å². The lowest BCUT2D eigenvalue weighted by Crippen LogP contribution is -2.20. The van der Waals surface area contributed by atoms with E-state index in [4.69, 9.17) is 11.6 Å². The van der Waals surface area contributed by atoms with Gasteiger partial charge in [0.2, 0.25) is 0 Å². The summed E-state index contributed by atoms with van der Waals surface area (Å²) in [6.45, 7) is 0. The highest BCUT2D eigenvalue weighted by atomic mass is 35.5. The van der Waals surface area contributed by atoms with Gasteiger partial charge in [-0.25, -0.2) is 0 Å². The number of hydrogen-bond acceptors (Lipinski definition) is 2. The van der Waals surface area contributed by atoms with Gasteiger partial charge in [-0.05, 0) is 44.9 Å². The number of allylic oxidation sites excluding steroid dienone is 1. The number of nitrogens with one attached hydrogen (secondary N) is 1. The fourth-order valence-electron chi connectivity index (χ4n) is 2.41. The zero-order valence-corrected chi connectivity index (χ0v) is 11.0. The molecule has 1 unspecified atom stereocenters. The predicted octanol–water partition coefficient (Wildman–Crippen LogP) is 3.89. The van der Waals surface area contributed by atoms with Gasteiger partial charge in [0, 0.05) is 6.20 Å². The standard InChI is InChI=1S/C14H19ClN2/c1-16-13(11-7-4-2-3-5-8-11)14-12(15)9-6-10-17-14/h6-7,9-10,13,16H,2-5,8H2,1H3. The molecule has 0 aliphatic heterocycles. The van der Waals surface area contributed by atoms with Crippen molar-refractivity contribution < 1.29 is 0 Å². The van der Waals surface area contributed by atoms with E-state index in [0.29, 0.717) is 0 Å². The van der Waals surface area contributed by atoms with Crippen LogP contribution in [-0.4, -0.2) is 12.0 Å². The Morgan fingerprint density at radius 1 is 1.35 bits per heavy atom. The molecule has 2 rings (SSSR count). The second-order valence-corrected chi connectivity index (χ2v) is 4.88. The van der Waals surface area contributed by atoms with Gasteiger partial charge in [0.15, 0.2) is 0 Å². The van der Waals surface area contributed by atoms with E-state index in [1.54, 1.807) is 0 Å². The Morgan fingerprint density at radius 3 is 3.00 bits per heavy atom. The first kappa shape index (κ1) is 12.6. The molecule has 1 aliphatic carbocycles. The van der Waals surface area contributed by atoms with Crippen LogP contribution in [0.25, 0.3) is 0 Å². The number of nitrogens with zero attached hydrogens (tertiary/aromatic N) is 1. The maximum atomic E-state index is 6.23. The van der Waals surface area contributed by atoms with E-state index in [-0.39, 0.29) is 6.04 Å². The van der Waals surface area contributed by atoms with Gasteiger partial charge < -0.3 is 5.32 Å². The summed E-state index contributed by atoms with van der Waals surface area (Å²) in [4.78, 5) is 4.42. The van der Waals surface area contributed by atoms with Crippen LogP contribution in [0.1, 0.15) is 43.8 Å². The summed E-state index contributed by atoms with van der Waals surface area (Å²) in [7, 11) is 1.97. The molecule has 3 heteroatoms. The van der Waals surface area contributed by atoms with Gasteiger partial charge in [-0.2, -0.15) is 0 Å². The second-order valence-electron chi connectivity index (χ2n) is 4.47. The molecule has 0 saturated carbocycles. The maximum absolute atomic E-state index is 6.23. The summed E-state index contributed by atoms with van der Waals surface area (Å²) >= 11 is 6.23. The maximum Gasteiger partial charge on any atom is 0.0800 e. The molecular formula is C14H19ClN2. The average molecular weight is 251 g/mol. The number of aromatic nitrogens is 1. The molecule has 0 amide bonds. The van der Waals surface area contributed by atoms with Gasteiger partial charge in [-0.15, -0.1) is 0 Å². The van der Waals surface area contributed by atoms with E-state index >= 15 is 0 Å². The SMILES string of the molecule is CNC(C1=CCCCCC1)c1ncccc1Cl. The molecule has 0 bridgehead atoms. The fraction of sp³-hybridized carbons (Fsp3) is 0.500. The van der Waals surface area contributed by atoms with E-state index in [9.17, 15) is 0 Å². The molecule has 1 aliphatic rings. The third-order valence-electron chi connectivity index (χ3n) is 3.30. The van der Waals surface area contributed by atoms with Crippen molar-refractivity contribution in [3.05, 3.63) is 40.7 Å². The molecule has 17 heavy (non-hydrogen) atoms. The van der Waals surface area contributed by atoms with Crippen LogP contribution in [0, 0.1) is 0 Å². The van der Waals surface area contributed by atoms with E-state index in [0.717, 1.165) is 17.1 Å². The second kappa shape index (κ2) is 6.18. The van der Waals surface area contributed by atoms with Crippen LogP contribution in [0.15, 0.2) is 30.0 Å². The molecule has 0 spiro atoms. The third-order valence-corrected chi connectivity index (χ3v) is 3.62. The summed E-state index contributed by atoms with van der Waals surface area (Å²) < 4.78 is 0. The summed E-state index contributed by atoms with van der Waals surface area (Å²) in [6, 6.07) is 3.95. The Labute approximate surface area is 108 Å². The predicted molar refractivity (Wildman–Crippen MR) is 72.2 cm³/mol. The first-order valence-corrected chi connectivity index (χ1v) is 6.67. The Balaban J connectivity index is 2.26. The number of hydrogen-bond donors (Lipinski definition) is 1. The average Bonchev–Trinajstić information content (AvgIpc) is 2.62. The highest BCUT2D eigenvalue weighted by molar-refractivity contribution is 6.31. The van der Waals surface area contributed by atoms with Crippen molar-refractivity contribution in [2.45, 2.75) is 38.1 Å². The van der Waals surface area contributed by atoms with Crippen molar-refractivity contribution in [1.29, 1.82) is 0 Å². The Kier molecular flexibility index (Phi) is 4.57. The van der Waals surface area contributed by atoms with Crippen molar-refractivity contribution in [3.8, 4) is 0 Å². The lowest BCUT2D eigenvalue weighted by Gasteiger charge is -2.20. The van der Waals surface area contributed by atoms with Gasteiger partial charge >= 0.3 is 0 Å². The lowest BCUT2D eigenvalue weighted by atomic mass is 9.99. The van der Waals surface area contributed by atoms with E-state index in [1.165, 1.54) is 31.3 Å². The van der Waals surface area contributed by atoms with Crippen molar-refractivity contribution in [2.24, 2.45) is 0 Å². The monoisotopic (exact) mass is 250 g/mol. The molecule has 1 heterocycles. The van der Waals surface area contributed by atoms with Crippen LogP contribution in [-0.2, 0) is 0 Å². The molecule has 0 fully saturated rings. The van der Waals surface area contributed by atoms with Gasteiger partial charge in [0.25, 0.3) is 0 Å². The van der Waals surface area contributed by atoms with E-state index in [1.807, 2.05) is 25.4 Å². The molecule has 1 atom stereocenters. The van der Waals surface area contributed by atoms with Crippen molar-refractivity contribution in [2.75, 3.05) is 7.05 Å². The summed E-state index contributed by atoms with van der Waals surface area (Å²) in [5, 5.41) is 4.09. The Morgan fingerprint density at radius 2 is 2.24 bits per heavy atom. The first-order valence-electron chi connectivity index (χ1n) is 6.29. The highest BCUT2D eigenvalue weighted by Gasteiger charge is 2.19. The largest absolute Gasteiger partial charge is 0.308 e. The molecule has 1 aromatic heterocycles. The van der Waals surface area contributed by atoms with Crippen LogP contribution in [0.5, 0.6) is 0 Å². The van der Waals surface area contributed by atoms with Crippen molar-refractivity contribution in [1.82, 2.24) is 10.3 Å². The van der Waals surface area contributed by atoms with E-state index in [2.05, 4.69) is 16.4 Å². The summed E-state index contributed by atoms with van der Waals surface area (Å²) in [5.74, 6) is 0. The summed E-state index contributed by atoms with van der Waals surface area (Å²) in [5.41, 5.74) is 2.38. The molecule has 0 radical (unpaired) electrons. The van der Waals surface area contributed by atoms with Crippen LogP contribution < -0.4 is 5.32 Å². The molecule has 1 N–H and O–H groups in total.